The molecule has 59 heavy (non-hydrogen) atoms. The number of imidazole rings is 2. The summed E-state index contributed by atoms with van der Waals surface area (Å²) in [5.41, 5.74) is 9.81. The predicted molar refractivity (Wildman–Crippen MR) is 236 cm³/mol. The number of anilines is 1. The highest BCUT2D eigenvalue weighted by Gasteiger charge is 2.42. The van der Waals surface area contributed by atoms with Gasteiger partial charge in [0.15, 0.2) is 0 Å². The minimum atomic E-state index is -3.81. The van der Waals surface area contributed by atoms with Crippen LogP contribution in [0.2, 0.25) is 10.0 Å². The van der Waals surface area contributed by atoms with Crippen molar-refractivity contribution in [2.45, 2.75) is 41.4 Å². The number of nitrogens with zero attached hydrogens (tertiary/aromatic N) is 2. The molecule has 4 atom stereocenters. The third kappa shape index (κ3) is 8.50. The summed E-state index contributed by atoms with van der Waals surface area (Å²) in [6, 6.07) is 41.8. The third-order valence-corrected chi connectivity index (χ3v) is 13.0. The van der Waals surface area contributed by atoms with Gasteiger partial charge in [-0.1, -0.05) is 96.0 Å². The van der Waals surface area contributed by atoms with E-state index in [1.54, 1.807) is 24.3 Å². The van der Waals surface area contributed by atoms with Crippen LogP contribution in [0, 0.1) is 0 Å². The molecule has 2 aliphatic carbocycles. The minimum absolute atomic E-state index is 0.115. The van der Waals surface area contributed by atoms with Crippen molar-refractivity contribution < 1.29 is 16.8 Å². The highest BCUT2D eigenvalue weighted by atomic mass is 35.5. The normalized spacial score (nSPS) is 18.6. The molecule has 0 spiro atoms. The standard InChI is InChI=1S/C23H20ClN3O2S.C22H18ClN3O2S/c1-30(28,29)27-20-5-3-2-4-17(20)15-8-11-21-22(12-15)26-23(25-21)19-13-18(19)14-6-9-16(24)10-7-14;23-15-8-5-13(6-9-15)17-12-18(17)22-25-19-10-7-14(11-20(19)26-22)16-3-1-2-4-21(16)29(24,27)28/h2-12,18-19,27H,13H2,1H3,(H,25,26);1-11,17-18H,12H2,(H,25,26)(H2,24,27,28). The number of hydrogen-bond acceptors (Lipinski definition) is 6. The van der Waals surface area contributed by atoms with Crippen molar-refractivity contribution in [3.8, 4) is 22.3 Å². The molecule has 0 aliphatic heterocycles. The predicted octanol–water partition coefficient (Wildman–Crippen LogP) is 10.3. The lowest BCUT2D eigenvalue weighted by atomic mass is 10.0. The summed E-state index contributed by atoms with van der Waals surface area (Å²) < 4.78 is 49.9. The maximum atomic E-state index is 11.9. The van der Waals surface area contributed by atoms with Gasteiger partial charge in [-0.05, 0) is 108 Å². The van der Waals surface area contributed by atoms with E-state index in [0.29, 0.717) is 34.9 Å². The van der Waals surface area contributed by atoms with Crippen molar-refractivity contribution in [3.05, 3.63) is 166 Å². The van der Waals surface area contributed by atoms with Gasteiger partial charge in [-0.3, -0.25) is 4.72 Å². The Morgan fingerprint density at radius 1 is 0.593 bits per heavy atom. The first-order valence-electron chi connectivity index (χ1n) is 19.0. The fraction of sp³-hybridized carbons (Fsp3) is 0.156. The molecule has 298 valence electrons. The molecule has 2 fully saturated rings. The Labute approximate surface area is 352 Å². The second kappa shape index (κ2) is 15.3. The maximum absolute atomic E-state index is 11.9. The van der Waals surface area contributed by atoms with E-state index in [9.17, 15) is 16.8 Å². The number of fused-ring (bicyclic) bond motifs is 2. The van der Waals surface area contributed by atoms with E-state index in [1.165, 1.54) is 17.2 Å². The van der Waals surface area contributed by atoms with E-state index in [4.69, 9.17) is 38.3 Å². The van der Waals surface area contributed by atoms with Crippen molar-refractivity contribution in [3.63, 3.8) is 0 Å². The summed E-state index contributed by atoms with van der Waals surface area (Å²) in [5.74, 6) is 3.57. The highest BCUT2D eigenvalue weighted by molar-refractivity contribution is 7.92. The molecule has 10 nitrogen and oxygen atoms in total. The molecule has 0 bridgehead atoms. The molecule has 6 aromatic carbocycles. The van der Waals surface area contributed by atoms with E-state index < -0.39 is 20.0 Å². The molecule has 14 heteroatoms. The average Bonchev–Trinajstić information content (AvgIpc) is 4.11. The molecular formula is C45H38Cl2N6O4S2. The molecule has 0 saturated heterocycles. The number of H-pyrrole nitrogens is 2. The quantitative estimate of drug-likeness (QED) is 0.113. The summed E-state index contributed by atoms with van der Waals surface area (Å²) >= 11 is 12.0. The molecule has 4 unspecified atom stereocenters. The summed E-state index contributed by atoms with van der Waals surface area (Å²) in [7, 11) is -7.17. The second-order valence-electron chi connectivity index (χ2n) is 15.2. The zero-order valence-corrected chi connectivity index (χ0v) is 34.7. The SMILES string of the molecule is CS(=O)(=O)Nc1ccccc1-c1ccc2nc(C3CC3c3ccc(Cl)cc3)[nH]c2c1.NS(=O)(=O)c1ccccc1-c1ccc2nc(C3CC3c3ccc(Cl)cc3)[nH]c2c1. The molecule has 10 rings (SSSR count). The van der Waals surface area contributed by atoms with Crippen LogP contribution in [-0.2, 0) is 20.0 Å². The number of sulfonamides is 2. The van der Waals surface area contributed by atoms with Gasteiger partial charge in [-0.15, -0.1) is 0 Å². The number of halogens is 2. The van der Waals surface area contributed by atoms with Gasteiger partial charge in [0.2, 0.25) is 20.0 Å². The van der Waals surface area contributed by atoms with Crippen molar-refractivity contribution in [2.24, 2.45) is 5.14 Å². The van der Waals surface area contributed by atoms with Gasteiger partial charge in [-0.25, -0.2) is 31.9 Å². The Morgan fingerprint density at radius 2 is 1.05 bits per heavy atom. The zero-order valence-electron chi connectivity index (χ0n) is 31.6. The van der Waals surface area contributed by atoms with Crippen molar-refractivity contribution in [1.82, 2.24) is 19.9 Å². The summed E-state index contributed by atoms with van der Waals surface area (Å²) in [6.07, 6.45) is 3.26. The van der Waals surface area contributed by atoms with E-state index in [0.717, 1.165) is 79.5 Å². The first kappa shape index (κ1) is 39.0. The number of para-hydroxylation sites is 1. The second-order valence-corrected chi connectivity index (χ2v) is 19.3. The van der Waals surface area contributed by atoms with Crippen LogP contribution in [0.1, 0.15) is 59.3 Å². The molecular weight excluding hydrogens is 824 g/mol. The van der Waals surface area contributed by atoms with Crippen LogP contribution in [0.5, 0.6) is 0 Å². The van der Waals surface area contributed by atoms with Crippen molar-refractivity contribution >= 4 is 71.0 Å². The lowest BCUT2D eigenvalue weighted by Gasteiger charge is -2.10. The van der Waals surface area contributed by atoms with Gasteiger partial charge >= 0.3 is 0 Å². The fourth-order valence-corrected chi connectivity index (χ4v) is 9.46. The van der Waals surface area contributed by atoms with Crippen molar-refractivity contribution in [2.75, 3.05) is 11.0 Å². The van der Waals surface area contributed by atoms with Gasteiger partial charge < -0.3 is 9.97 Å². The Kier molecular flexibility index (Phi) is 10.1. The van der Waals surface area contributed by atoms with Crippen LogP contribution in [0.3, 0.4) is 0 Å². The van der Waals surface area contributed by atoms with Gasteiger partial charge in [0.05, 0.1) is 38.9 Å². The maximum Gasteiger partial charge on any atom is 0.238 e. The first-order valence-corrected chi connectivity index (χ1v) is 23.2. The Hall–Kier alpha value is -5.50. The number of aromatic nitrogens is 4. The van der Waals surface area contributed by atoms with E-state index in [2.05, 4.69) is 39.0 Å². The van der Waals surface area contributed by atoms with Gasteiger partial charge in [0, 0.05) is 33.0 Å². The Bertz CT molecular complexity index is 3100. The number of rotatable bonds is 9. The van der Waals surface area contributed by atoms with Gasteiger partial charge in [-0.2, -0.15) is 0 Å². The largest absolute Gasteiger partial charge is 0.342 e. The lowest BCUT2D eigenvalue weighted by Crippen LogP contribution is -2.13. The monoisotopic (exact) mass is 860 g/mol. The Morgan fingerprint density at radius 3 is 1.54 bits per heavy atom. The first-order chi connectivity index (χ1) is 28.3. The smallest absolute Gasteiger partial charge is 0.238 e. The molecule has 2 heterocycles. The third-order valence-electron chi connectivity index (χ3n) is 10.9. The number of nitrogens with two attached hydrogens (primary N) is 1. The molecule has 0 amide bonds. The molecule has 5 N–H and O–H groups in total. The number of hydrogen-bond donors (Lipinski definition) is 4. The minimum Gasteiger partial charge on any atom is -0.342 e. The fourth-order valence-electron chi connectivity index (χ4n) is 7.87. The van der Waals surface area contributed by atoms with Crippen LogP contribution >= 0.6 is 23.2 Å². The zero-order chi connectivity index (χ0) is 41.1. The summed E-state index contributed by atoms with van der Waals surface area (Å²) in [6.45, 7) is 0. The van der Waals surface area contributed by atoms with Gasteiger partial charge in [0.25, 0.3) is 0 Å². The van der Waals surface area contributed by atoms with Gasteiger partial charge in [0.1, 0.15) is 11.6 Å². The number of aromatic amines is 2. The van der Waals surface area contributed by atoms with Crippen LogP contribution in [0.15, 0.2) is 138 Å². The lowest BCUT2D eigenvalue weighted by molar-refractivity contribution is 0.597. The number of primary sulfonamides is 1. The van der Waals surface area contributed by atoms with E-state index in [1.807, 2.05) is 78.9 Å². The van der Waals surface area contributed by atoms with E-state index in [-0.39, 0.29) is 4.90 Å². The van der Waals surface area contributed by atoms with Crippen LogP contribution < -0.4 is 9.86 Å². The molecule has 2 aromatic heterocycles. The van der Waals surface area contributed by atoms with Crippen molar-refractivity contribution in [1.29, 1.82) is 0 Å². The number of benzene rings is 6. The Balaban J connectivity index is 0.000000152. The topological polar surface area (TPSA) is 164 Å². The van der Waals surface area contributed by atoms with Crippen LogP contribution in [0.25, 0.3) is 44.3 Å². The highest BCUT2D eigenvalue weighted by Crippen LogP contribution is 2.55. The molecule has 2 saturated carbocycles. The average molecular weight is 862 g/mol. The molecule has 8 aromatic rings. The molecule has 0 radical (unpaired) electrons. The number of nitrogens with one attached hydrogen (secondary N) is 3. The molecule has 2 aliphatic rings. The summed E-state index contributed by atoms with van der Waals surface area (Å²) in [5, 5.41) is 6.87. The summed E-state index contributed by atoms with van der Waals surface area (Å²) in [4.78, 5) is 16.5. The van der Waals surface area contributed by atoms with E-state index >= 15 is 0 Å². The van der Waals surface area contributed by atoms with Crippen LogP contribution in [-0.4, -0.2) is 43.0 Å². The van der Waals surface area contributed by atoms with Crippen LogP contribution in [0.4, 0.5) is 5.69 Å².